The van der Waals surface area contributed by atoms with Gasteiger partial charge in [-0.1, -0.05) is 0 Å². The predicted octanol–water partition coefficient (Wildman–Crippen LogP) is 0.603. The number of carbonyl (C=O) groups is 1. The van der Waals surface area contributed by atoms with E-state index >= 15 is 0 Å². The highest BCUT2D eigenvalue weighted by Crippen LogP contribution is 2.22. The molecule has 9 heteroatoms. The normalized spacial score (nSPS) is 15.4. The number of rotatable bonds is 7. The van der Waals surface area contributed by atoms with Crippen LogP contribution in [0.4, 0.5) is 0 Å². The molecule has 3 aromatic rings. The second-order valence-electron chi connectivity index (χ2n) is 7.56. The van der Waals surface area contributed by atoms with E-state index in [1.165, 1.54) is 0 Å². The zero-order valence-corrected chi connectivity index (χ0v) is 17.0. The van der Waals surface area contributed by atoms with E-state index in [1.807, 2.05) is 26.2 Å². The van der Waals surface area contributed by atoms with Gasteiger partial charge in [0.2, 0.25) is 5.65 Å². The molecule has 2 aromatic heterocycles. The first-order chi connectivity index (χ1) is 14.1. The second-order valence-corrected chi connectivity index (χ2v) is 7.56. The van der Waals surface area contributed by atoms with Crippen molar-refractivity contribution in [3.05, 3.63) is 30.1 Å². The van der Waals surface area contributed by atoms with Crippen LogP contribution in [0.5, 0.6) is 0 Å². The smallest absolute Gasteiger partial charge is 0.251 e. The Morgan fingerprint density at radius 1 is 1.21 bits per heavy atom. The molecule has 0 spiro atoms. The minimum atomic E-state index is -0.0792. The van der Waals surface area contributed by atoms with E-state index in [-0.39, 0.29) is 5.91 Å². The average molecular weight is 397 g/mol. The molecule has 1 amide bonds. The lowest BCUT2D eigenvalue weighted by atomic mass is 10.1. The number of imidazole rings is 1. The van der Waals surface area contributed by atoms with Gasteiger partial charge < -0.3 is 19.5 Å². The van der Waals surface area contributed by atoms with Gasteiger partial charge in [-0.2, -0.15) is 0 Å². The maximum absolute atomic E-state index is 12.7. The summed E-state index contributed by atoms with van der Waals surface area (Å²) in [5.74, 6) is -0.0792. The van der Waals surface area contributed by atoms with Gasteiger partial charge >= 0.3 is 0 Å². The topological polar surface area (TPSA) is 88.4 Å². The number of benzene rings is 1. The first-order valence-corrected chi connectivity index (χ1v) is 9.96. The maximum Gasteiger partial charge on any atom is 0.251 e. The molecule has 0 atom stereocenters. The molecule has 4 rings (SSSR count). The quantitative estimate of drug-likeness (QED) is 0.625. The number of ether oxygens (including phenoxy) is 1. The van der Waals surface area contributed by atoms with E-state index in [2.05, 4.69) is 34.9 Å². The third kappa shape index (κ3) is 4.52. The van der Waals surface area contributed by atoms with Crippen molar-refractivity contribution in [2.45, 2.75) is 6.54 Å². The molecule has 154 valence electrons. The van der Waals surface area contributed by atoms with Crippen LogP contribution >= 0.6 is 0 Å². The van der Waals surface area contributed by atoms with Crippen molar-refractivity contribution >= 4 is 28.0 Å². The summed E-state index contributed by atoms with van der Waals surface area (Å²) in [5, 5.41) is 12.4. The Hall–Kier alpha value is -2.62. The van der Waals surface area contributed by atoms with E-state index in [4.69, 9.17) is 4.74 Å². The summed E-state index contributed by atoms with van der Waals surface area (Å²) in [6, 6.07) is 5.54. The summed E-state index contributed by atoms with van der Waals surface area (Å²) < 4.78 is 7.43. The molecule has 1 aromatic carbocycles. The highest BCUT2D eigenvalue weighted by molar-refractivity contribution is 6.05. The molecule has 1 aliphatic rings. The van der Waals surface area contributed by atoms with E-state index in [9.17, 15) is 4.79 Å². The molecule has 0 radical (unpaired) electrons. The minimum absolute atomic E-state index is 0.0792. The zero-order chi connectivity index (χ0) is 20.2. The summed E-state index contributed by atoms with van der Waals surface area (Å²) in [6.07, 6.45) is 1.79. The van der Waals surface area contributed by atoms with Crippen LogP contribution in [0.25, 0.3) is 22.1 Å². The lowest BCUT2D eigenvalue weighted by Gasteiger charge is -2.26. The van der Waals surface area contributed by atoms with Crippen LogP contribution in [0.15, 0.2) is 24.5 Å². The molecule has 1 aliphatic heterocycles. The zero-order valence-electron chi connectivity index (χ0n) is 17.0. The van der Waals surface area contributed by atoms with Crippen LogP contribution < -0.4 is 5.32 Å². The SMILES string of the molecule is CN(C)CCn1cnc2nnc3ccc(C(=O)NCCN4CCOCC4)cc3c21. The van der Waals surface area contributed by atoms with Crippen molar-refractivity contribution < 1.29 is 9.53 Å². The highest BCUT2D eigenvalue weighted by Gasteiger charge is 2.14. The van der Waals surface area contributed by atoms with Gasteiger partial charge in [0.15, 0.2) is 0 Å². The van der Waals surface area contributed by atoms with Crippen LogP contribution in [-0.4, -0.2) is 95.5 Å². The fourth-order valence-corrected chi connectivity index (χ4v) is 3.51. The molecule has 9 nitrogen and oxygen atoms in total. The summed E-state index contributed by atoms with van der Waals surface area (Å²) in [6.45, 7) is 6.47. The van der Waals surface area contributed by atoms with Crippen molar-refractivity contribution in [1.29, 1.82) is 0 Å². The monoisotopic (exact) mass is 397 g/mol. The van der Waals surface area contributed by atoms with Crippen molar-refractivity contribution in [2.75, 3.05) is 60.0 Å². The van der Waals surface area contributed by atoms with Gasteiger partial charge in [0.25, 0.3) is 5.91 Å². The van der Waals surface area contributed by atoms with Crippen molar-refractivity contribution in [2.24, 2.45) is 0 Å². The van der Waals surface area contributed by atoms with Gasteiger partial charge in [-0.25, -0.2) is 4.98 Å². The number of amides is 1. The lowest BCUT2D eigenvalue weighted by molar-refractivity contribution is 0.0383. The predicted molar refractivity (Wildman–Crippen MR) is 111 cm³/mol. The van der Waals surface area contributed by atoms with Crippen LogP contribution in [0.1, 0.15) is 10.4 Å². The minimum Gasteiger partial charge on any atom is -0.379 e. The molecule has 0 saturated carbocycles. The lowest BCUT2D eigenvalue weighted by Crippen LogP contribution is -2.41. The Labute approximate surface area is 169 Å². The van der Waals surface area contributed by atoms with E-state index < -0.39 is 0 Å². The van der Waals surface area contributed by atoms with Crippen molar-refractivity contribution in [3.63, 3.8) is 0 Å². The molecule has 1 fully saturated rings. The molecule has 0 aliphatic carbocycles. The number of likely N-dealkylation sites (N-methyl/N-ethyl adjacent to an activating group) is 1. The van der Waals surface area contributed by atoms with E-state index in [0.717, 1.165) is 62.4 Å². The van der Waals surface area contributed by atoms with E-state index in [0.29, 0.717) is 17.8 Å². The third-order valence-corrected chi connectivity index (χ3v) is 5.19. The summed E-state index contributed by atoms with van der Waals surface area (Å²) in [7, 11) is 4.08. The Bertz CT molecular complexity index is 995. The number of morpholine rings is 1. The standard InChI is InChI=1S/C20H27N7O2/c1-25(2)7-8-27-14-22-19-18(27)16-13-15(3-4-17(16)23-24-19)20(28)21-5-6-26-9-11-29-12-10-26/h3-4,13-14H,5-12H2,1-2H3,(H,21,28). The number of aromatic nitrogens is 4. The Morgan fingerprint density at radius 3 is 2.83 bits per heavy atom. The van der Waals surface area contributed by atoms with Crippen molar-refractivity contribution in [3.8, 4) is 0 Å². The summed E-state index contributed by atoms with van der Waals surface area (Å²) in [4.78, 5) is 21.5. The number of fused-ring (bicyclic) bond motifs is 3. The number of hydrogen-bond donors (Lipinski definition) is 1. The average Bonchev–Trinajstić information content (AvgIpc) is 3.16. The molecule has 1 N–H and O–H groups in total. The highest BCUT2D eigenvalue weighted by atomic mass is 16.5. The fraction of sp³-hybridized carbons (Fsp3) is 0.500. The first-order valence-electron chi connectivity index (χ1n) is 9.96. The van der Waals surface area contributed by atoms with Crippen LogP contribution in [0.2, 0.25) is 0 Å². The van der Waals surface area contributed by atoms with Gasteiger partial charge in [0.1, 0.15) is 0 Å². The molecule has 3 heterocycles. The third-order valence-electron chi connectivity index (χ3n) is 5.19. The van der Waals surface area contributed by atoms with Gasteiger partial charge in [-0.05, 0) is 32.3 Å². The molecule has 0 unspecified atom stereocenters. The second kappa shape index (κ2) is 8.81. The Balaban J connectivity index is 1.53. The molecule has 29 heavy (non-hydrogen) atoms. The molecular formula is C20H27N7O2. The van der Waals surface area contributed by atoms with Crippen molar-refractivity contribution in [1.82, 2.24) is 34.9 Å². The van der Waals surface area contributed by atoms with Crippen LogP contribution in [0, 0.1) is 0 Å². The van der Waals surface area contributed by atoms with E-state index in [1.54, 1.807) is 12.4 Å². The number of nitrogens with one attached hydrogen (secondary N) is 1. The summed E-state index contributed by atoms with van der Waals surface area (Å²) in [5.41, 5.74) is 2.89. The first kappa shape index (κ1) is 19.7. The van der Waals surface area contributed by atoms with Gasteiger partial charge in [-0.15, -0.1) is 10.2 Å². The number of hydrogen-bond acceptors (Lipinski definition) is 7. The van der Waals surface area contributed by atoms with Crippen LogP contribution in [-0.2, 0) is 11.3 Å². The maximum atomic E-state index is 12.7. The molecule has 1 saturated heterocycles. The number of carbonyl (C=O) groups excluding carboxylic acids is 1. The Morgan fingerprint density at radius 2 is 2.03 bits per heavy atom. The van der Waals surface area contributed by atoms with Gasteiger partial charge in [0, 0.05) is 50.2 Å². The van der Waals surface area contributed by atoms with Gasteiger partial charge in [0.05, 0.1) is 30.6 Å². The van der Waals surface area contributed by atoms with Crippen LogP contribution in [0.3, 0.4) is 0 Å². The largest absolute Gasteiger partial charge is 0.379 e. The number of nitrogens with zero attached hydrogens (tertiary/aromatic N) is 6. The molecule has 0 bridgehead atoms. The van der Waals surface area contributed by atoms with Gasteiger partial charge in [-0.3, -0.25) is 9.69 Å². The Kier molecular flexibility index (Phi) is 5.98. The summed E-state index contributed by atoms with van der Waals surface area (Å²) >= 11 is 0. The molecular weight excluding hydrogens is 370 g/mol. The fourth-order valence-electron chi connectivity index (χ4n) is 3.51.